The molecule has 0 aliphatic heterocycles. The number of hydrogen-bond donors (Lipinski definition) is 2. The maximum atomic E-state index is 12.5. The molecule has 6 nitrogen and oxygen atoms in total. The first-order valence-corrected chi connectivity index (χ1v) is 7.57. The molecular formula is C14H17Cl2F2N3O3. The molecule has 0 aliphatic rings. The first-order chi connectivity index (χ1) is 11.4. The minimum atomic E-state index is -3.01. The van der Waals surface area contributed by atoms with Crippen molar-refractivity contribution in [3.63, 3.8) is 0 Å². The van der Waals surface area contributed by atoms with Gasteiger partial charge < -0.3 is 20.1 Å². The third kappa shape index (κ3) is 6.76. The zero-order valence-electron chi connectivity index (χ0n) is 13.0. The van der Waals surface area contributed by atoms with Crippen LogP contribution >= 0.6 is 23.2 Å². The number of halogens is 4. The second kappa shape index (κ2) is 10.1. The predicted molar refractivity (Wildman–Crippen MR) is 87.9 cm³/mol. The summed E-state index contributed by atoms with van der Waals surface area (Å²) >= 11 is 11.8. The van der Waals surface area contributed by atoms with Crippen LogP contribution in [0.5, 0.6) is 5.75 Å². The molecule has 0 radical (unpaired) electrons. The van der Waals surface area contributed by atoms with Gasteiger partial charge in [0.05, 0.1) is 18.6 Å². The molecule has 0 atom stereocenters. The summed E-state index contributed by atoms with van der Waals surface area (Å²) in [4.78, 5) is 15.0. The predicted octanol–water partition coefficient (Wildman–Crippen LogP) is 2.82. The van der Waals surface area contributed by atoms with E-state index < -0.39 is 6.61 Å². The summed E-state index contributed by atoms with van der Waals surface area (Å²) in [6, 6.07) is 2.77. The molecule has 1 rings (SSSR count). The van der Waals surface area contributed by atoms with Gasteiger partial charge in [-0.25, -0.2) is 0 Å². The van der Waals surface area contributed by atoms with E-state index in [1.54, 1.807) is 0 Å². The van der Waals surface area contributed by atoms with Gasteiger partial charge >= 0.3 is 12.6 Å². The fourth-order valence-corrected chi connectivity index (χ4v) is 2.33. The van der Waals surface area contributed by atoms with Gasteiger partial charge in [0.2, 0.25) is 0 Å². The van der Waals surface area contributed by atoms with Crippen LogP contribution in [0, 0.1) is 0 Å². The van der Waals surface area contributed by atoms with Gasteiger partial charge in [-0.2, -0.15) is 8.78 Å². The minimum Gasteiger partial charge on any atom is -0.469 e. The fourth-order valence-electron chi connectivity index (χ4n) is 1.75. The van der Waals surface area contributed by atoms with Crippen molar-refractivity contribution in [2.24, 2.45) is 4.99 Å². The van der Waals surface area contributed by atoms with E-state index in [4.69, 9.17) is 23.2 Å². The Kier molecular flexibility index (Phi) is 8.56. The van der Waals surface area contributed by atoms with E-state index >= 15 is 0 Å². The van der Waals surface area contributed by atoms with E-state index in [1.807, 2.05) is 0 Å². The number of esters is 1. The number of nitrogens with one attached hydrogen (secondary N) is 2. The van der Waals surface area contributed by atoms with Crippen LogP contribution in [0.4, 0.5) is 8.78 Å². The van der Waals surface area contributed by atoms with Gasteiger partial charge in [-0.3, -0.25) is 9.79 Å². The summed E-state index contributed by atoms with van der Waals surface area (Å²) in [5.74, 6) is -0.168. The summed E-state index contributed by atoms with van der Waals surface area (Å²) in [6.45, 7) is -2.64. The van der Waals surface area contributed by atoms with E-state index in [2.05, 4.69) is 25.1 Å². The number of ether oxygens (including phenoxy) is 2. The molecule has 0 aliphatic carbocycles. The Morgan fingerprint density at radius 2 is 2.04 bits per heavy atom. The van der Waals surface area contributed by atoms with Crippen LogP contribution in [-0.4, -0.2) is 39.2 Å². The molecular weight excluding hydrogens is 367 g/mol. The lowest BCUT2D eigenvalue weighted by Crippen LogP contribution is -2.38. The highest BCUT2D eigenvalue weighted by atomic mass is 35.5. The van der Waals surface area contributed by atoms with Crippen molar-refractivity contribution < 1.29 is 23.0 Å². The normalized spacial score (nSPS) is 11.4. The Labute approximate surface area is 148 Å². The molecule has 0 aromatic heterocycles. The highest BCUT2D eigenvalue weighted by Crippen LogP contribution is 2.33. The van der Waals surface area contributed by atoms with Gasteiger partial charge in [-0.1, -0.05) is 23.2 Å². The first kappa shape index (κ1) is 20.2. The number of rotatable bonds is 7. The number of hydrogen-bond acceptors (Lipinski definition) is 4. The lowest BCUT2D eigenvalue weighted by molar-refractivity contribution is -0.140. The minimum absolute atomic E-state index is 0.0202. The van der Waals surface area contributed by atoms with Crippen LogP contribution in [-0.2, 0) is 16.1 Å². The van der Waals surface area contributed by atoms with Crippen molar-refractivity contribution in [2.75, 3.05) is 20.7 Å². The third-order valence-electron chi connectivity index (χ3n) is 2.81. The first-order valence-electron chi connectivity index (χ1n) is 6.81. The molecule has 0 saturated carbocycles. The molecule has 10 heteroatoms. The van der Waals surface area contributed by atoms with Gasteiger partial charge in [0.25, 0.3) is 0 Å². The van der Waals surface area contributed by atoms with E-state index in [0.717, 1.165) is 0 Å². The molecule has 134 valence electrons. The van der Waals surface area contributed by atoms with E-state index in [0.29, 0.717) is 18.1 Å². The average Bonchev–Trinajstić information content (AvgIpc) is 2.52. The van der Waals surface area contributed by atoms with E-state index in [-0.39, 0.29) is 34.7 Å². The Morgan fingerprint density at radius 3 is 2.62 bits per heavy atom. The van der Waals surface area contributed by atoms with Gasteiger partial charge in [0, 0.05) is 30.7 Å². The smallest absolute Gasteiger partial charge is 0.387 e. The number of methoxy groups -OCH3 is 1. The number of nitrogens with zero attached hydrogens (tertiary/aromatic N) is 1. The summed E-state index contributed by atoms with van der Waals surface area (Å²) in [5, 5.41) is 6.03. The number of guanidine groups is 1. The zero-order chi connectivity index (χ0) is 18.1. The topological polar surface area (TPSA) is 72.0 Å². The van der Waals surface area contributed by atoms with Crippen LogP contribution in [0.3, 0.4) is 0 Å². The zero-order valence-corrected chi connectivity index (χ0v) is 14.5. The Bertz CT molecular complexity index is 601. The highest BCUT2D eigenvalue weighted by molar-refractivity contribution is 6.35. The fraction of sp³-hybridized carbons (Fsp3) is 0.429. The summed E-state index contributed by atoms with van der Waals surface area (Å²) < 4.78 is 34.0. The van der Waals surface area contributed by atoms with Crippen LogP contribution in [0.1, 0.15) is 12.0 Å². The summed E-state index contributed by atoms with van der Waals surface area (Å²) in [6.07, 6.45) is 0.153. The maximum Gasteiger partial charge on any atom is 0.387 e. The number of carbonyl (C=O) groups is 1. The molecule has 0 fully saturated rings. The van der Waals surface area contributed by atoms with Crippen molar-refractivity contribution in [2.45, 2.75) is 19.6 Å². The van der Waals surface area contributed by atoms with Gasteiger partial charge in [-0.15, -0.1) is 0 Å². The van der Waals surface area contributed by atoms with Gasteiger partial charge in [-0.05, 0) is 12.1 Å². The lowest BCUT2D eigenvalue weighted by atomic mass is 10.2. The molecule has 0 spiro atoms. The molecule has 1 aromatic rings. The third-order valence-corrected chi connectivity index (χ3v) is 3.31. The van der Waals surface area contributed by atoms with Gasteiger partial charge in [0.1, 0.15) is 5.75 Å². The van der Waals surface area contributed by atoms with Crippen LogP contribution < -0.4 is 15.4 Å². The Hall–Kier alpha value is -1.80. The second-order valence-electron chi connectivity index (χ2n) is 4.43. The molecule has 0 amide bonds. The molecule has 1 aromatic carbocycles. The Balaban J connectivity index is 2.72. The molecule has 0 saturated heterocycles. The largest absolute Gasteiger partial charge is 0.469 e. The van der Waals surface area contributed by atoms with Crippen molar-refractivity contribution in [3.05, 3.63) is 27.7 Å². The molecule has 0 bridgehead atoms. The SMILES string of the molecule is CN=C(NCCC(=O)OC)NCc1cc(Cl)cc(Cl)c1OC(F)F. The highest BCUT2D eigenvalue weighted by Gasteiger charge is 2.15. The number of aliphatic imine (C=N–C) groups is 1. The summed E-state index contributed by atoms with van der Waals surface area (Å²) in [7, 11) is 2.82. The standard InChI is InChI=1S/C14H17Cl2F2N3O3/c1-19-14(20-4-3-11(22)23-2)21-7-8-5-9(15)6-10(16)12(8)24-13(17)18/h5-6,13H,3-4,7H2,1-2H3,(H2,19,20,21). The van der Waals surface area contributed by atoms with Crippen molar-refractivity contribution in [3.8, 4) is 5.75 Å². The van der Waals surface area contributed by atoms with E-state index in [9.17, 15) is 13.6 Å². The molecule has 24 heavy (non-hydrogen) atoms. The maximum absolute atomic E-state index is 12.5. The second-order valence-corrected chi connectivity index (χ2v) is 5.28. The van der Waals surface area contributed by atoms with Crippen molar-refractivity contribution in [1.82, 2.24) is 10.6 Å². The number of alkyl halides is 2. The molecule has 0 unspecified atom stereocenters. The molecule has 2 N–H and O–H groups in total. The summed E-state index contributed by atoms with van der Waals surface area (Å²) in [5.41, 5.74) is 0.337. The monoisotopic (exact) mass is 383 g/mol. The number of benzene rings is 1. The van der Waals surface area contributed by atoms with Gasteiger partial charge in [0.15, 0.2) is 5.96 Å². The molecule has 0 heterocycles. The lowest BCUT2D eigenvalue weighted by Gasteiger charge is -2.15. The Morgan fingerprint density at radius 1 is 1.33 bits per heavy atom. The van der Waals surface area contributed by atoms with Crippen LogP contribution in [0.15, 0.2) is 17.1 Å². The quantitative estimate of drug-likeness (QED) is 0.430. The van der Waals surface area contributed by atoms with Crippen molar-refractivity contribution in [1.29, 1.82) is 0 Å². The number of carbonyl (C=O) groups excluding carboxylic acids is 1. The van der Waals surface area contributed by atoms with E-state index in [1.165, 1.54) is 26.3 Å². The average molecular weight is 384 g/mol. The van der Waals surface area contributed by atoms with Crippen LogP contribution in [0.2, 0.25) is 10.0 Å². The van der Waals surface area contributed by atoms with Crippen LogP contribution in [0.25, 0.3) is 0 Å². The van der Waals surface area contributed by atoms with Crippen molar-refractivity contribution >= 4 is 35.1 Å².